The van der Waals surface area contributed by atoms with Crippen LogP contribution in [0.4, 0.5) is 0 Å². The molecule has 25 heavy (non-hydrogen) atoms. The Morgan fingerprint density at radius 1 is 1.24 bits per heavy atom. The van der Waals surface area contributed by atoms with Crippen molar-refractivity contribution in [1.29, 1.82) is 0 Å². The Bertz CT molecular complexity index is 962. The Morgan fingerprint density at radius 3 is 2.92 bits per heavy atom. The number of carbonyl (C=O) groups is 1. The van der Waals surface area contributed by atoms with Crippen molar-refractivity contribution in [3.8, 4) is 11.5 Å². The number of rotatable bonds is 4. The van der Waals surface area contributed by atoms with E-state index in [-0.39, 0.29) is 12.7 Å². The number of amides is 1. The molecule has 1 aliphatic heterocycles. The Morgan fingerprint density at radius 2 is 2.08 bits per heavy atom. The lowest BCUT2D eigenvalue weighted by Crippen LogP contribution is -2.25. The molecule has 0 atom stereocenters. The average Bonchev–Trinajstić information content (AvgIpc) is 3.22. The lowest BCUT2D eigenvalue weighted by molar-refractivity contribution is 0.0944. The molecule has 0 bridgehead atoms. The fraction of sp³-hybridized carbons (Fsp3) is 0.263. The molecule has 2 aromatic heterocycles. The van der Waals surface area contributed by atoms with Crippen LogP contribution >= 0.6 is 0 Å². The molecule has 0 saturated heterocycles. The fourth-order valence-corrected chi connectivity index (χ4v) is 3.00. The van der Waals surface area contributed by atoms with Crippen LogP contribution in [0.3, 0.4) is 0 Å². The molecule has 1 aromatic carbocycles. The largest absolute Gasteiger partial charge is 0.454 e. The molecule has 0 saturated carbocycles. The number of hydrogen-bond donors (Lipinski definition) is 1. The summed E-state index contributed by atoms with van der Waals surface area (Å²) in [6.07, 6.45) is 2.64. The molecule has 1 N–H and O–H groups in total. The van der Waals surface area contributed by atoms with E-state index in [1.807, 2.05) is 54.8 Å². The predicted molar refractivity (Wildman–Crippen MR) is 93.0 cm³/mol. The number of nitrogens with zero attached hydrogens (tertiary/aromatic N) is 2. The molecule has 128 valence electrons. The second-order valence-corrected chi connectivity index (χ2v) is 6.07. The zero-order chi connectivity index (χ0) is 17.4. The highest BCUT2D eigenvalue weighted by atomic mass is 16.7. The topological polar surface area (TPSA) is 64.9 Å². The van der Waals surface area contributed by atoms with Crippen LogP contribution in [0.25, 0.3) is 5.65 Å². The molecule has 3 aromatic rings. The highest BCUT2D eigenvalue weighted by molar-refractivity contribution is 5.94. The van der Waals surface area contributed by atoms with Gasteiger partial charge >= 0.3 is 0 Å². The van der Waals surface area contributed by atoms with E-state index in [9.17, 15) is 4.79 Å². The summed E-state index contributed by atoms with van der Waals surface area (Å²) in [6, 6.07) is 9.60. The van der Waals surface area contributed by atoms with Crippen molar-refractivity contribution >= 4 is 11.6 Å². The van der Waals surface area contributed by atoms with Crippen LogP contribution in [0.5, 0.6) is 11.5 Å². The van der Waals surface area contributed by atoms with Gasteiger partial charge in [-0.25, -0.2) is 4.98 Å². The molecule has 3 heterocycles. The zero-order valence-corrected chi connectivity index (χ0v) is 14.2. The van der Waals surface area contributed by atoms with Gasteiger partial charge in [0.2, 0.25) is 6.79 Å². The number of ether oxygens (including phenoxy) is 2. The van der Waals surface area contributed by atoms with E-state index in [0.29, 0.717) is 24.4 Å². The number of carbonyl (C=O) groups excluding carboxylic acids is 1. The van der Waals surface area contributed by atoms with Crippen molar-refractivity contribution in [2.24, 2.45) is 0 Å². The van der Waals surface area contributed by atoms with Gasteiger partial charge in [-0.15, -0.1) is 0 Å². The average molecular weight is 337 g/mol. The van der Waals surface area contributed by atoms with Crippen molar-refractivity contribution in [2.45, 2.75) is 26.8 Å². The van der Waals surface area contributed by atoms with Crippen molar-refractivity contribution in [3.05, 3.63) is 59.0 Å². The lowest BCUT2D eigenvalue weighted by atomic mass is 10.2. The lowest BCUT2D eigenvalue weighted by Gasteiger charge is -2.08. The molecule has 0 aliphatic carbocycles. The van der Waals surface area contributed by atoms with Crippen molar-refractivity contribution in [3.63, 3.8) is 0 Å². The Kier molecular flexibility index (Phi) is 3.80. The summed E-state index contributed by atoms with van der Waals surface area (Å²) < 4.78 is 12.5. The monoisotopic (exact) mass is 337 g/mol. The summed E-state index contributed by atoms with van der Waals surface area (Å²) in [5.74, 6) is 1.32. The minimum Gasteiger partial charge on any atom is -0.454 e. The number of benzene rings is 1. The first kappa shape index (κ1) is 15.5. The van der Waals surface area contributed by atoms with Gasteiger partial charge in [-0.05, 0) is 42.7 Å². The van der Waals surface area contributed by atoms with Crippen LogP contribution in [-0.2, 0) is 13.0 Å². The van der Waals surface area contributed by atoms with Crippen molar-refractivity contribution in [1.82, 2.24) is 14.7 Å². The van der Waals surface area contributed by atoms with Crippen LogP contribution in [-0.4, -0.2) is 22.1 Å². The van der Waals surface area contributed by atoms with Gasteiger partial charge in [-0.2, -0.15) is 0 Å². The molecule has 0 radical (unpaired) electrons. The highest BCUT2D eigenvalue weighted by Gasteiger charge is 2.19. The Hall–Kier alpha value is -3.02. The van der Waals surface area contributed by atoms with Gasteiger partial charge in [-0.3, -0.25) is 9.20 Å². The molecule has 0 spiro atoms. The summed E-state index contributed by atoms with van der Waals surface area (Å²) in [6.45, 7) is 4.66. The third-order valence-corrected chi connectivity index (χ3v) is 4.28. The van der Waals surface area contributed by atoms with E-state index in [2.05, 4.69) is 10.3 Å². The highest BCUT2D eigenvalue weighted by Crippen LogP contribution is 2.32. The summed E-state index contributed by atoms with van der Waals surface area (Å²) in [7, 11) is 0. The van der Waals surface area contributed by atoms with E-state index in [1.165, 1.54) is 0 Å². The van der Waals surface area contributed by atoms with E-state index in [0.717, 1.165) is 28.2 Å². The summed E-state index contributed by atoms with van der Waals surface area (Å²) in [5, 5.41) is 2.98. The molecule has 1 aliphatic rings. The van der Waals surface area contributed by atoms with Gasteiger partial charge < -0.3 is 14.8 Å². The van der Waals surface area contributed by atoms with Crippen LogP contribution in [0.15, 0.2) is 36.5 Å². The summed E-state index contributed by atoms with van der Waals surface area (Å²) in [4.78, 5) is 17.4. The van der Waals surface area contributed by atoms with E-state index in [1.54, 1.807) is 0 Å². The molecule has 0 fully saturated rings. The van der Waals surface area contributed by atoms with Gasteiger partial charge in [-0.1, -0.05) is 19.1 Å². The summed E-state index contributed by atoms with van der Waals surface area (Å²) >= 11 is 0. The molecular formula is C19H19N3O3. The maximum absolute atomic E-state index is 12.8. The third-order valence-electron chi connectivity index (χ3n) is 4.28. The predicted octanol–water partition coefficient (Wildman–Crippen LogP) is 2.86. The van der Waals surface area contributed by atoms with E-state index < -0.39 is 0 Å². The number of imidazole rings is 1. The number of fused-ring (bicyclic) bond motifs is 2. The van der Waals surface area contributed by atoms with E-state index >= 15 is 0 Å². The Balaban J connectivity index is 1.58. The maximum Gasteiger partial charge on any atom is 0.270 e. The number of hydrogen-bond acceptors (Lipinski definition) is 4. The van der Waals surface area contributed by atoms with Gasteiger partial charge in [0, 0.05) is 12.7 Å². The maximum atomic E-state index is 12.8. The van der Waals surface area contributed by atoms with Crippen LogP contribution in [0, 0.1) is 6.92 Å². The minimum absolute atomic E-state index is 0.132. The molecule has 6 heteroatoms. The molecular weight excluding hydrogens is 318 g/mol. The first-order valence-corrected chi connectivity index (χ1v) is 8.30. The SMILES string of the molecule is CCc1nc2ccc(C)cn2c1C(=O)NCc1ccc2c(c1)OCO2. The normalized spacial score (nSPS) is 12.6. The number of nitrogens with one attached hydrogen (secondary N) is 1. The molecule has 4 rings (SSSR count). The second kappa shape index (κ2) is 6.12. The molecule has 6 nitrogen and oxygen atoms in total. The molecule has 1 amide bonds. The first-order valence-electron chi connectivity index (χ1n) is 8.30. The van der Waals surface area contributed by atoms with Crippen LogP contribution < -0.4 is 14.8 Å². The quantitative estimate of drug-likeness (QED) is 0.795. The van der Waals surface area contributed by atoms with E-state index in [4.69, 9.17) is 9.47 Å². The van der Waals surface area contributed by atoms with Crippen molar-refractivity contribution < 1.29 is 14.3 Å². The molecule has 0 unspecified atom stereocenters. The number of aryl methyl sites for hydroxylation is 2. The smallest absolute Gasteiger partial charge is 0.270 e. The second-order valence-electron chi connectivity index (χ2n) is 6.07. The van der Waals surface area contributed by atoms with Crippen LogP contribution in [0.2, 0.25) is 0 Å². The number of aromatic nitrogens is 2. The third kappa shape index (κ3) is 2.80. The summed E-state index contributed by atoms with van der Waals surface area (Å²) in [5.41, 5.74) is 4.23. The fourth-order valence-electron chi connectivity index (χ4n) is 3.00. The van der Waals surface area contributed by atoms with Crippen molar-refractivity contribution in [2.75, 3.05) is 6.79 Å². The standard InChI is InChI=1S/C19H19N3O3/c1-3-14-18(22-10-12(2)4-7-17(22)21-14)19(23)20-9-13-5-6-15-16(8-13)25-11-24-15/h4-8,10H,3,9,11H2,1-2H3,(H,20,23). The van der Waals surface area contributed by atoms with Gasteiger partial charge in [0.25, 0.3) is 5.91 Å². The van der Waals surface area contributed by atoms with Crippen LogP contribution in [0.1, 0.15) is 34.2 Å². The minimum atomic E-state index is -0.132. The van der Waals surface area contributed by atoms with Gasteiger partial charge in [0.15, 0.2) is 11.5 Å². The van der Waals surface area contributed by atoms with Gasteiger partial charge in [0.1, 0.15) is 11.3 Å². The zero-order valence-electron chi connectivity index (χ0n) is 14.2. The van der Waals surface area contributed by atoms with Gasteiger partial charge in [0.05, 0.1) is 5.69 Å². The Labute approximate surface area is 145 Å². The number of pyridine rings is 1. The first-order chi connectivity index (χ1) is 12.2.